The van der Waals surface area contributed by atoms with E-state index in [0.717, 1.165) is 35.4 Å². The van der Waals surface area contributed by atoms with Crippen molar-refractivity contribution < 1.29 is 14.6 Å². The third-order valence-corrected chi connectivity index (χ3v) is 3.65. The first-order valence-electron chi connectivity index (χ1n) is 7.96. The standard InChI is InChI=1S/C14H20O.C6H11NO2/c1-7-14(15)12(6)13(11(4)5)9-8-10(2)3;1-7-3-5(4-7)6(8)9-2/h7-9,15H,2,4H2,1,3,5-6H3;5H,3-4H2,1-2H3/b9-8-,13-12-,14-7+;. The maximum absolute atomic E-state index is 10.7. The number of likely N-dealkylation sites (tertiary alicyclic amines) is 1. The van der Waals surface area contributed by atoms with Crippen LogP contribution in [-0.4, -0.2) is 43.2 Å². The molecular weight excluding hydrogens is 302 g/mol. The minimum absolute atomic E-state index is 0.0758. The number of nitrogens with zero attached hydrogens (tertiary/aromatic N) is 1. The molecule has 0 bridgehead atoms. The first kappa shape index (κ1) is 21.9. The van der Waals surface area contributed by atoms with Gasteiger partial charge < -0.3 is 14.7 Å². The smallest absolute Gasteiger partial charge is 0.311 e. The van der Waals surface area contributed by atoms with Crippen LogP contribution in [0.5, 0.6) is 0 Å². The van der Waals surface area contributed by atoms with Crippen LogP contribution in [0.25, 0.3) is 0 Å². The van der Waals surface area contributed by atoms with Crippen LogP contribution in [-0.2, 0) is 9.53 Å². The Bertz CT molecular complexity index is 561. The summed E-state index contributed by atoms with van der Waals surface area (Å²) in [4.78, 5) is 12.8. The van der Waals surface area contributed by atoms with E-state index in [9.17, 15) is 9.90 Å². The molecule has 0 radical (unpaired) electrons. The second-order valence-electron chi connectivity index (χ2n) is 6.11. The summed E-state index contributed by atoms with van der Waals surface area (Å²) in [6, 6.07) is 0. The van der Waals surface area contributed by atoms with Crippen LogP contribution in [0.4, 0.5) is 0 Å². The Kier molecular flexibility index (Phi) is 9.74. The first-order valence-corrected chi connectivity index (χ1v) is 7.96. The molecule has 0 unspecified atom stereocenters. The Morgan fingerprint density at radius 1 is 1.21 bits per heavy atom. The highest BCUT2D eigenvalue weighted by molar-refractivity contribution is 5.73. The molecule has 0 aromatic heterocycles. The second-order valence-corrected chi connectivity index (χ2v) is 6.11. The predicted octanol–water partition coefficient (Wildman–Crippen LogP) is 4.19. The van der Waals surface area contributed by atoms with Gasteiger partial charge in [0.2, 0.25) is 0 Å². The Morgan fingerprint density at radius 2 is 1.75 bits per heavy atom. The summed E-state index contributed by atoms with van der Waals surface area (Å²) in [6.07, 6.45) is 5.52. The number of methoxy groups -OCH3 is 1. The number of allylic oxidation sites excluding steroid dienone is 7. The van der Waals surface area contributed by atoms with Crippen molar-refractivity contribution in [3.05, 3.63) is 59.4 Å². The molecule has 0 saturated carbocycles. The Labute approximate surface area is 146 Å². The normalized spacial score (nSPS) is 16.7. The van der Waals surface area contributed by atoms with Crippen LogP contribution in [0.3, 0.4) is 0 Å². The van der Waals surface area contributed by atoms with Crippen LogP contribution in [0.2, 0.25) is 0 Å². The molecule has 1 aliphatic heterocycles. The molecule has 1 heterocycles. The molecule has 24 heavy (non-hydrogen) atoms. The van der Waals surface area contributed by atoms with Crippen molar-refractivity contribution in [2.45, 2.75) is 27.7 Å². The number of hydrogen-bond donors (Lipinski definition) is 1. The van der Waals surface area contributed by atoms with Gasteiger partial charge in [0, 0.05) is 13.1 Å². The maximum Gasteiger partial charge on any atom is 0.311 e. The molecule has 1 rings (SSSR count). The van der Waals surface area contributed by atoms with Crippen molar-refractivity contribution in [2.75, 3.05) is 27.2 Å². The lowest BCUT2D eigenvalue weighted by Crippen LogP contribution is -2.48. The minimum Gasteiger partial charge on any atom is -0.508 e. The van der Waals surface area contributed by atoms with Gasteiger partial charge in [-0.3, -0.25) is 4.79 Å². The SMILES string of the molecule is C=C(C)\C=C/C(C(=C)C)=C(C)/C(O)=C\C.COC(=O)C1CN(C)C1. The van der Waals surface area contributed by atoms with E-state index in [1.165, 1.54) is 7.11 Å². The van der Waals surface area contributed by atoms with E-state index in [4.69, 9.17) is 0 Å². The molecule has 0 atom stereocenters. The molecule has 0 amide bonds. The molecule has 0 aliphatic carbocycles. The highest BCUT2D eigenvalue weighted by Crippen LogP contribution is 2.19. The number of carbonyl (C=O) groups is 1. The molecule has 0 spiro atoms. The van der Waals surface area contributed by atoms with Gasteiger partial charge >= 0.3 is 5.97 Å². The average molecular weight is 333 g/mol. The zero-order valence-electron chi connectivity index (χ0n) is 15.8. The Morgan fingerprint density at radius 3 is 2.08 bits per heavy atom. The summed E-state index contributed by atoms with van der Waals surface area (Å²) in [5, 5.41) is 9.62. The third-order valence-electron chi connectivity index (χ3n) is 3.65. The van der Waals surface area contributed by atoms with Gasteiger partial charge in [-0.15, -0.1) is 0 Å². The average Bonchev–Trinajstić information content (AvgIpc) is 2.50. The van der Waals surface area contributed by atoms with Crippen LogP contribution < -0.4 is 0 Å². The minimum atomic E-state index is -0.0758. The van der Waals surface area contributed by atoms with E-state index in [2.05, 4.69) is 22.8 Å². The quantitative estimate of drug-likeness (QED) is 0.465. The topological polar surface area (TPSA) is 49.8 Å². The number of aliphatic hydroxyl groups excluding tert-OH is 1. The van der Waals surface area contributed by atoms with Crippen LogP contribution in [0.1, 0.15) is 27.7 Å². The number of rotatable bonds is 5. The molecule has 1 saturated heterocycles. The summed E-state index contributed by atoms with van der Waals surface area (Å²) >= 11 is 0. The summed E-state index contributed by atoms with van der Waals surface area (Å²) in [5.41, 5.74) is 3.69. The summed E-state index contributed by atoms with van der Waals surface area (Å²) in [6.45, 7) is 16.9. The van der Waals surface area contributed by atoms with Crippen molar-refractivity contribution in [3.63, 3.8) is 0 Å². The summed E-state index contributed by atoms with van der Waals surface area (Å²) in [5.74, 6) is 0.354. The third kappa shape index (κ3) is 7.47. The zero-order valence-corrected chi connectivity index (χ0v) is 15.8. The molecule has 0 aromatic rings. The Hall–Kier alpha value is -2.07. The number of carbonyl (C=O) groups excluding carboxylic acids is 1. The summed E-state index contributed by atoms with van der Waals surface area (Å²) in [7, 11) is 3.42. The number of aliphatic hydroxyl groups is 1. The second kappa shape index (κ2) is 10.7. The molecule has 4 heteroatoms. The summed E-state index contributed by atoms with van der Waals surface area (Å²) < 4.78 is 4.54. The van der Waals surface area contributed by atoms with E-state index in [1.54, 1.807) is 13.0 Å². The fourth-order valence-electron chi connectivity index (χ4n) is 2.18. The van der Waals surface area contributed by atoms with E-state index in [-0.39, 0.29) is 11.9 Å². The molecule has 134 valence electrons. The number of ether oxygens (including phenoxy) is 1. The van der Waals surface area contributed by atoms with E-state index >= 15 is 0 Å². The van der Waals surface area contributed by atoms with Gasteiger partial charge in [0.1, 0.15) is 5.76 Å². The van der Waals surface area contributed by atoms with Crippen molar-refractivity contribution in [1.29, 1.82) is 0 Å². The fourth-order valence-corrected chi connectivity index (χ4v) is 2.18. The number of esters is 1. The molecule has 1 N–H and O–H groups in total. The molecule has 1 fully saturated rings. The zero-order chi connectivity index (χ0) is 18.9. The largest absolute Gasteiger partial charge is 0.508 e. The predicted molar refractivity (Wildman–Crippen MR) is 101 cm³/mol. The molecule has 1 aliphatic rings. The monoisotopic (exact) mass is 333 g/mol. The van der Waals surface area contributed by atoms with Crippen molar-refractivity contribution in [1.82, 2.24) is 4.90 Å². The van der Waals surface area contributed by atoms with Crippen LogP contribution in [0.15, 0.2) is 59.4 Å². The highest BCUT2D eigenvalue weighted by atomic mass is 16.5. The van der Waals surface area contributed by atoms with E-state index in [0.29, 0.717) is 5.76 Å². The van der Waals surface area contributed by atoms with Crippen molar-refractivity contribution in [2.24, 2.45) is 5.92 Å². The lowest BCUT2D eigenvalue weighted by Gasteiger charge is -2.33. The first-order chi connectivity index (χ1) is 11.1. The molecule has 0 aromatic carbocycles. The molecule has 4 nitrogen and oxygen atoms in total. The highest BCUT2D eigenvalue weighted by Gasteiger charge is 2.30. The van der Waals surface area contributed by atoms with Gasteiger partial charge in [-0.2, -0.15) is 0 Å². The number of hydrogen-bond acceptors (Lipinski definition) is 4. The van der Waals surface area contributed by atoms with Crippen LogP contribution >= 0.6 is 0 Å². The lowest BCUT2D eigenvalue weighted by molar-refractivity contribution is -0.150. The van der Waals surface area contributed by atoms with Gasteiger partial charge in [0.05, 0.1) is 13.0 Å². The Balaban J connectivity index is 0.000000496. The van der Waals surface area contributed by atoms with Crippen LogP contribution in [0, 0.1) is 5.92 Å². The van der Waals surface area contributed by atoms with E-state index < -0.39 is 0 Å². The molecular formula is C20H31NO3. The van der Waals surface area contributed by atoms with Crippen molar-refractivity contribution in [3.8, 4) is 0 Å². The fraction of sp³-hybridized carbons (Fsp3) is 0.450. The maximum atomic E-state index is 10.7. The van der Waals surface area contributed by atoms with Gasteiger partial charge in [0.15, 0.2) is 0 Å². The van der Waals surface area contributed by atoms with Gasteiger partial charge in [0.25, 0.3) is 0 Å². The van der Waals surface area contributed by atoms with Gasteiger partial charge in [-0.1, -0.05) is 36.5 Å². The van der Waals surface area contributed by atoms with Crippen molar-refractivity contribution >= 4 is 5.97 Å². The van der Waals surface area contributed by atoms with Gasteiger partial charge in [-0.05, 0) is 52.0 Å². The van der Waals surface area contributed by atoms with E-state index in [1.807, 2.05) is 40.0 Å². The lowest BCUT2D eigenvalue weighted by atomic mass is 10.0. The van der Waals surface area contributed by atoms with Gasteiger partial charge in [-0.25, -0.2) is 0 Å².